The molecule has 1 N–H and O–H groups in total. The van der Waals surface area contributed by atoms with Crippen molar-refractivity contribution >= 4 is 33.4 Å². The molecule has 3 aromatic carbocycles. The summed E-state index contributed by atoms with van der Waals surface area (Å²) in [6, 6.07) is 21.2. The number of nitrogens with one attached hydrogen (secondary N) is 1. The summed E-state index contributed by atoms with van der Waals surface area (Å²) < 4.78 is 1.94. The smallest absolute Gasteiger partial charge is 0.244 e. The van der Waals surface area contributed by atoms with Gasteiger partial charge in [-0.3, -0.25) is 9.59 Å². The zero-order chi connectivity index (χ0) is 22.1. The Morgan fingerprint density at radius 3 is 1.74 bits per heavy atom. The first-order valence-electron chi connectivity index (χ1n) is 10.8. The Kier molecular flexibility index (Phi) is 5.64. The van der Waals surface area contributed by atoms with E-state index in [-0.39, 0.29) is 17.9 Å². The average Bonchev–Trinajstić information content (AvgIpc) is 2.76. The number of rotatable bonds is 5. The Balaban J connectivity index is 1.80. The molecular formula is C27H28N2O2. The van der Waals surface area contributed by atoms with Gasteiger partial charge in [0.15, 0.2) is 5.43 Å². The Hall–Kier alpha value is -3.40. The highest BCUT2D eigenvalue weighted by Crippen LogP contribution is 2.32. The molecule has 0 saturated carbocycles. The fourth-order valence-corrected chi connectivity index (χ4v) is 4.27. The number of para-hydroxylation sites is 3. The Morgan fingerprint density at radius 2 is 1.26 bits per heavy atom. The molecule has 4 rings (SSSR count). The molecule has 1 amide bonds. The monoisotopic (exact) mass is 412 g/mol. The molecule has 0 spiro atoms. The van der Waals surface area contributed by atoms with E-state index >= 15 is 0 Å². The summed E-state index contributed by atoms with van der Waals surface area (Å²) in [5, 5.41) is 4.45. The fourth-order valence-electron chi connectivity index (χ4n) is 4.27. The highest BCUT2D eigenvalue weighted by Gasteiger charge is 2.18. The molecule has 0 saturated heterocycles. The summed E-state index contributed by atoms with van der Waals surface area (Å²) in [6.07, 6.45) is 0. The van der Waals surface area contributed by atoms with Gasteiger partial charge >= 0.3 is 0 Å². The number of pyridine rings is 1. The Morgan fingerprint density at radius 1 is 0.774 bits per heavy atom. The normalized spacial score (nSPS) is 11.5. The van der Waals surface area contributed by atoms with E-state index in [4.69, 9.17) is 0 Å². The van der Waals surface area contributed by atoms with Crippen LogP contribution >= 0.6 is 0 Å². The fraction of sp³-hybridized carbons (Fsp3) is 0.259. The van der Waals surface area contributed by atoms with Crippen molar-refractivity contribution in [1.29, 1.82) is 0 Å². The van der Waals surface area contributed by atoms with E-state index in [1.165, 1.54) is 0 Å². The standard InChI is InChI=1S/C27H28N2O2/c1-17(2)19-12-9-13-20(18(3)4)26(19)28-25(30)16-29-23-14-7-5-10-21(23)27(31)22-11-6-8-15-24(22)29/h5-15,17-18H,16H2,1-4H3,(H,28,30). The highest BCUT2D eigenvalue weighted by molar-refractivity contribution is 5.97. The average molecular weight is 413 g/mol. The molecule has 158 valence electrons. The number of anilines is 1. The number of carbonyl (C=O) groups excluding carboxylic acids is 1. The van der Waals surface area contributed by atoms with Gasteiger partial charge in [0.25, 0.3) is 0 Å². The third kappa shape index (κ3) is 3.86. The summed E-state index contributed by atoms with van der Waals surface area (Å²) in [6.45, 7) is 8.68. The predicted octanol–water partition coefficient (Wildman–Crippen LogP) is 6.04. The lowest BCUT2D eigenvalue weighted by Crippen LogP contribution is -2.23. The molecule has 0 aliphatic rings. The van der Waals surface area contributed by atoms with Crippen LogP contribution in [0.3, 0.4) is 0 Å². The van der Waals surface area contributed by atoms with Gasteiger partial charge in [0, 0.05) is 16.5 Å². The van der Waals surface area contributed by atoms with Crippen molar-refractivity contribution in [3.8, 4) is 0 Å². The number of hydrogen-bond acceptors (Lipinski definition) is 2. The first-order valence-corrected chi connectivity index (χ1v) is 10.8. The largest absolute Gasteiger partial charge is 0.331 e. The molecule has 1 aromatic heterocycles. The van der Waals surface area contributed by atoms with E-state index < -0.39 is 0 Å². The Bertz CT molecular complexity index is 1250. The first kappa shape index (κ1) is 20.9. The number of benzene rings is 3. The zero-order valence-electron chi connectivity index (χ0n) is 18.5. The van der Waals surface area contributed by atoms with Crippen LogP contribution in [-0.4, -0.2) is 10.5 Å². The molecule has 0 fully saturated rings. The summed E-state index contributed by atoms with van der Waals surface area (Å²) in [5.41, 5.74) is 4.70. The topological polar surface area (TPSA) is 51.1 Å². The second-order valence-corrected chi connectivity index (χ2v) is 8.62. The van der Waals surface area contributed by atoms with Crippen LogP contribution in [-0.2, 0) is 11.3 Å². The first-order chi connectivity index (χ1) is 14.9. The van der Waals surface area contributed by atoms with E-state index in [2.05, 4.69) is 51.2 Å². The molecule has 4 heteroatoms. The number of fused-ring (bicyclic) bond motifs is 2. The number of carbonyl (C=O) groups is 1. The second-order valence-electron chi connectivity index (χ2n) is 8.62. The summed E-state index contributed by atoms with van der Waals surface area (Å²) in [7, 11) is 0. The van der Waals surface area contributed by atoms with E-state index in [1.807, 2.05) is 53.1 Å². The van der Waals surface area contributed by atoms with Crippen LogP contribution in [0, 0.1) is 0 Å². The van der Waals surface area contributed by atoms with Gasteiger partial charge in [0.2, 0.25) is 5.91 Å². The molecule has 0 bridgehead atoms. The lowest BCUT2D eigenvalue weighted by Gasteiger charge is -2.21. The summed E-state index contributed by atoms with van der Waals surface area (Å²) in [4.78, 5) is 26.2. The third-order valence-electron chi connectivity index (χ3n) is 5.82. The minimum absolute atomic E-state index is 0.00453. The van der Waals surface area contributed by atoms with Gasteiger partial charge in [0.1, 0.15) is 6.54 Å². The van der Waals surface area contributed by atoms with Crippen LogP contribution in [0.25, 0.3) is 21.8 Å². The van der Waals surface area contributed by atoms with Crippen LogP contribution in [0.5, 0.6) is 0 Å². The number of nitrogens with zero attached hydrogens (tertiary/aromatic N) is 1. The molecule has 4 aromatic rings. The van der Waals surface area contributed by atoms with Crippen molar-refractivity contribution in [3.05, 3.63) is 88.1 Å². The summed E-state index contributed by atoms with van der Waals surface area (Å²) >= 11 is 0. The van der Waals surface area contributed by atoms with Crippen molar-refractivity contribution in [2.24, 2.45) is 0 Å². The number of hydrogen-bond donors (Lipinski definition) is 1. The molecule has 4 nitrogen and oxygen atoms in total. The van der Waals surface area contributed by atoms with Crippen molar-refractivity contribution in [1.82, 2.24) is 4.57 Å². The molecule has 0 atom stereocenters. The Labute approximate surface area is 182 Å². The molecule has 0 radical (unpaired) electrons. The van der Waals surface area contributed by atoms with Crippen molar-refractivity contribution in [2.75, 3.05) is 5.32 Å². The van der Waals surface area contributed by atoms with E-state index in [0.717, 1.165) is 27.8 Å². The molecule has 1 heterocycles. The molecule has 0 aliphatic heterocycles. The van der Waals surface area contributed by atoms with Crippen LogP contribution in [0.1, 0.15) is 50.7 Å². The van der Waals surface area contributed by atoms with Gasteiger partial charge < -0.3 is 9.88 Å². The van der Waals surface area contributed by atoms with Gasteiger partial charge in [-0.15, -0.1) is 0 Å². The SMILES string of the molecule is CC(C)c1cccc(C(C)C)c1NC(=O)Cn1c2ccccc2c(=O)c2ccccc21. The van der Waals surface area contributed by atoms with Gasteiger partial charge in [-0.05, 0) is 47.2 Å². The zero-order valence-corrected chi connectivity index (χ0v) is 18.5. The quantitative estimate of drug-likeness (QED) is 0.406. The minimum Gasteiger partial charge on any atom is -0.331 e. The lowest BCUT2D eigenvalue weighted by molar-refractivity contribution is -0.116. The molecular weight excluding hydrogens is 384 g/mol. The van der Waals surface area contributed by atoms with Gasteiger partial charge in [0.05, 0.1) is 11.0 Å². The third-order valence-corrected chi connectivity index (χ3v) is 5.82. The van der Waals surface area contributed by atoms with Crippen molar-refractivity contribution in [3.63, 3.8) is 0 Å². The van der Waals surface area contributed by atoms with Gasteiger partial charge in [-0.1, -0.05) is 70.2 Å². The predicted molar refractivity (Wildman–Crippen MR) is 129 cm³/mol. The van der Waals surface area contributed by atoms with Crippen LogP contribution in [0.15, 0.2) is 71.5 Å². The molecule has 31 heavy (non-hydrogen) atoms. The van der Waals surface area contributed by atoms with Crippen LogP contribution < -0.4 is 10.7 Å². The second kappa shape index (κ2) is 8.38. The van der Waals surface area contributed by atoms with E-state index in [1.54, 1.807) is 0 Å². The lowest BCUT2D eigenvalue weighted by atomic mass is 9.92. The van der Waals surface area contributed by atoms with Crippen molar-refractivity contribution in [2.45, 2.75) is 46.1 Å². The van der Waals surface area contributed by atoms with Crippen LogP contribution in [0.2, 0.25) is 0 Å². The van der Waals surface area contributed by atoms with Crippen LogP contribution in [0.4, 0.5) is 5.69 Å². The number of aromatic nitrogens is 1. The maximum atomic E-state index is 13.3. The molecule has 0 aliphatic carbocycles. The summed E-state index contributed by atoms with van der Waals surface area (Å²) in [5.74, 6) is 0.486. The van der Waals surface area contributed by atoms with E-state index in [0.29, 0.717) is 22.6 Å². The van der Waals surface area contributed by atoms with Gasteiger partial charge in [-0.2, -0.15) is 0 Å². The van der Waals surface area contributed by atoms with Gasteiger partial charge in [-0.25, -0.2) is 0 Å². The highest BCUT2D eigenvalue weighted by atomic mass is 16.2. The molecule has 0 unspecified atom stereocenters. The number of amides is 1. The van der Waals surface area contributed by atoms with Crippen molar-refractivity contribution < 1.29 is 4.79 Å². The maximum absolute atomic E-state index is 13.3. The minimum atomic E-state index is -0.103. The maximum Gasteiger partial charge on any atom is 0.244 e. The van der Waals surface area contributed by atoms with E-state index in [9.17, 15) is 9.59 Å².